The minimum atomic E-state index is 0.0375. The van der Waals surface area contributed by atoms with E-state index in [1.807, 2.05) is 11.0 Å². The third-order valence-corrected chi connectivity index (χ3v) is 4.38. The topological polar surface area (TPSA) is 46.3 Å². The Labute approximate surface area is 112 Å². The minimum Gasteiger partial charge on any atom is -0.360 e. The Morgan fingerprint density at radius 1 is 1.16 bits per heavy atom. The smallest absolute Gasteiger partial charge is 0.276 e. The van der Waals surface area contributed by atoms with Gasteiger partial charge >= 0.3 is 0 Å². The van der Waals surface area contributed by atoms with Crippen molar-refractivity contribution in [1.29, 1.82) is 0 Å². The summed E-state index contributed by atoms with van der Waals surface area (Å²) in [5.74, 6) is 1.44. The Morgan fingerprint density at radius 3 is 2.47 bits per heavy atom. The van der Waals surface area contributed by atoms with Gasteiger partial charge in [-0.15, -0.1) is 0 Å². The lowest BCUT2D eigenvalue weighted by Crippen LogP contribution is -2.36. The molecule has 2 heterocycles. The summed E-state index contributed by atoms with van der Waals surface area (Å²) in [5.41, 5.74) is 3.73. The Balaban J connectivity index is 1.43. The fourth-order valence-electron chi connectivity index (χ4n) is 2.86. The molecule has 0 unspecified atom stereocenters. The minimum absolute atomic E-state index is 0.0375. The highest BCUT2D eigenvalue weighted by Crippen LogP contribution is 2.40. The van der Waals surface area contributed by atoms with Crippen LogP contribution in [0, 0.1) is 0 Å². The average Bonchev–Trinajstić information content (AvgIpc) is 3.37. The number of carbonyl (C=O) groups is 1. The third kappa shape index (κ3) is 2.20. The molecule has 19 heavy (non-hydrogen) atoms. The second-order valence-corrected chi connectivity index (χ2v) is 5.89. The van der Waals surface area contributed by atoms with Gasteiger partial charge in [-0.05, 0) is 38.5 Å². The van der Waals surface area contributed by atoms with E-state index in [9.17, 15) is 4.79 Å². The van der Waals surface area contributed by atoms with E-state index in [1.165, 1.54) is 25.7 Å². The van der Waals surface area contributed by atoms with Gasteiger partial charge in [0.2, 0.25) is 0 Å². The van der Waals surface area contributed by atoms with Gasteiger partial charge in [-0.2, -0.15) is 0 Å². The van der Waals surface area contributed by atoms with E-state index in [1.54, 1.807) is 11.1 Å². The van der Waals surface area contributed by atoms with Crippen LogP contribution < -0.4 is 0 Å². The van der Waals surface area contributed by atoms with Gasteiger partial charge in [-0.3, -0.25) is 4.79 Å². The van der Waals surface area contributed by atoms with E-state index in [4.69, 9.17) is 4.52 Å². The Kier molecular flexibility index (Phi) is 2.50. The number of amides is 1. The predicted octanol–water partition coefficient (Wildman–Crippen LogP) is 2.88. The molecule has 100 valence electrons. The number of hydrogen-bond acceptors (Lipinski definition) is 3. The van der Waals surface area contributed by atoms with Crippen LogP contribution >= 0.6 is 0 Å². The summed E-state index contributed by atoms with van der Waals surface area (Å²) in [6.07, 6.45) is 7.02. The molecule has 2 saturated carbocycles. The van der Waals surface area contributed by atoms with Gasteiger partial charge in [-0.25, -0.2) is 0 Å². The zero-order valence-electron chi connectivity index (χ0n) is 11.0. The summed E-state index contributed by atoms with van der Waals surface area (Å²) in [6, 6.07) is 1.84. The second-order valence-electron chi connectivity index (χ2n) is 5.89. The normalized spacial score (nSPS) is 22.8. The van der Waals surface area contributed by atoms with Crippen molar-refractivity contribution in [2.24, 2.45) is 0 Å². The number of carbonyl (C=O) groups excluding carboxylic acids is 1. The molecule has 4 heteroatoms. The van der Waals surface area contributed by atoms with Gasteiger partial charge in [-0.1, -0.05) is 16.3 Å². The quantitative estimate of drug-likeness (QED) is 0.766. The second kappa shape index (κ2) is 4.22. The summed E-state index contributed by atoms with van der Waals surface area (Å²) >= 11 is 0. The SMILES string of the molecule is O=C(c1cc(C2CC2)on1)N1CCC(=C2CC2)CC1. The van der Waals surface area contributed by atoms with Gasteiger partial charge in [0, 0.05) is 25.1 Å². The molecule has 0 bridgehead atoms. The van der Waals surface area contributed by atoms with Crippen LogP contribution in [0.4, 0.5) is 0 Å². The highest BCUT2D eigenvalue weighted by atomic mass is 16.5. The van der Waals surface area contributed by atoms with Crippen molar-refractivity contribution >= 4 is 5.91 Å². The van der Waals surface area contributed by atoms with Gasteiger partial charge in [0.05, 0.1) is 0 Å². The largest absolute Gasteiger partial charge is 0.360 e. The van der Waals surface area contributed by atoms with Crippen LogP contribution in [0.1, 0.15) is 60.7 Å². The monoisotopic (exact) mass is 258 g/mol. The van der Waals surface area contributed by atoms with Crippen molar-refractivity contribution in [3.63, 3.8) is 0 Å². The molecule has 1 aromatic rings. The molecule has 4 nitrogen and oxygen atoms in total. The molecular formula is C15H18N2O2. The fourth-order valence-corrected chi connectivity index (χ4v) is 2.86. The molecule has 1 aliphatic heterocycles. The lowest BCUT2D eigenvalue weighted by Gasteiger charge is -2.27. The van der Waals surface area contributed by atoms with E-state index < -0.39 is 0 Å². The Bertz CT molecular complexity index is 538. The molecule has 1 saturated heterocycles. The van der Waals surface area contributed by atoms with E-state index in [0.29, 0.717) is 11.6 Å². The van der Waals surface area contributed by atoms with Crippen molar-refractivity contribution < 1.29 is 9.32 Å². The molecule has 4 rings (SSSR count). The molecule has 1 aromatic heterocycles. The average molecular weight is 258 g/mol. The fraction of sp³-hybridized carbons (Fsp3) is 0.600. The lowest BCUT2D eigenvalue weighted by atomic mass is 10.0. The zero-order valence-corrected chi connectivity index (χ0v) is 11.0. The van der Waals surface area contributed by atoms with Crippen molar-refractivity contribution in [2.45, 2.75) is 44.4 Å². The maximum Gasteiger partial charge on any atom is 0.276 e. The van der Waals surface area contributed by atoms with Gasteiger partial charge < -0.3 is 9.42 Å². The number of likely N-dealkylation sites (tertiary alicyclic amines) is 1. The maximum absolute atomic E-state index is 12.3. The van der Waals surface area contributed by atoms with E-state index in [0.717, 1.165) is 31.7 Å². The van der Waals surface area contributed by atoms with E-state index in [-0.39, 0.29) is 5.91 Å². The summed E-state index contributed by atoms with van der Waals surface area (Å²) in [6.45, 7) is 1.67. The number of nitrogens with zero attached hydrogens (tertiary/aromatic N) is 2. The first-order valence-electron chi connectivity index (χ1n) is 7.27. The predicted molar refractivity (Wildman–Crippen MR) is 69.9 cm³/mol. The van der Waals surface area contributed by atoms with Crippen LogP contribution in [0.15, 0.2) is 21.7 Å². The molecule has 3 fully saturated rings. The molecule has 0 radical (unpaired) electrons. The first-order chi connectivity index (χ1) is 9.31. The molecular weight excluding hydrogens is 240 g/mol. The molecule has 2 aliphatic carbocycles. The van der Waals surface area contributed by atoms with Crippen LogP contribution in [-0.4, -0.2) is 29.1 Å². The zero-order chi connectivity index (χ0) is 12.8. The first kappa shape index (κ1) is 11.3. The Morgan fingerprint density at radius 2 is 1.84 bits per heavy atom. The highest BCUT2D eigenvalue weighted by molar-refractivity contribution is 5.92. The maximum atomic E-state index is 12.3. The summed E-state index contributed by atoms with van der Waals surface area (Å²) in [5, 5.41) is 3.94. The molecule has 0 N–H and O–H groups in total. The van der Waals surface area contributed by atoms with Gasteiger partial charge in [0.25, 0.3) is 5.91 Å². The van der Waals surface area contributed by atoms with Crippen LogP contribution in [-0.2, 0) is 0 Å². The molecule has 0 atom stereocenters. The van der Waals surface area contributed by atoms with Crippen LogP contribution in [0.2, 0.25) is 0 Å². The number of aromatic nitrogens is 1. The number of allylic oxidation sites excluding steroid dienone is 1. The van der Waals surface area contributed by atoms with Crippen molar-refractivity contribution in [3.8, 4) is 0 Å². The third-order valence-electron chi connectivity index (χ3n) is 4.38. The van der Waals surface area contributed by atoms with Crippen LogP contribution in [0.5, 0.6) is 0 Å². The van der Waals surface area contributed by atoms with E-state index >= 15 is 0 Å². The number of rotatable bonds is 2. The van der Waals surface area contributed by atoms with Gasteiger partial charge in [0.1, 0.15) is 5.76 Å². The van der Waals surface area contributed by atoms with E-state index in [2.05, 4.69) is 5.16 Å². The standard InChI is InChI=1S/C15H18N2O2/c18-15(13-9-14(19-16-13)12-3-4-12)17-7-5-11(6-8-17)10-1-2-10/h9,12H,1-8H2. The first-order valence-corrected chi connectivity index (χ1v) is 7.27. The summed E-state index contributed by atoms with van der Waals surface area (Å²) < 4.78 is 5.26. The summed E-state index contributed by atoms with van der Waals surface area (Å²) in [4.78, 5) is 14.3. The molecule has 3 aliphatic rings. The lowest BCUT2D eigenvalue weighted by molar-refractivity contribution is 0.0733. The van der Waals surface area contributed by atoms with Crippen molar-refractivity contribution in [2.75, 3.05) is 13.1 Å². The van der Waals surface area contributed by atoms with Crippen molar-refractivity contribution in [3.05, 3.63) is 28.7 Å². The number of hydrogen-bond donors (Lipinski definition) is 0. The highest BCUT2D eigenvalue weighted by Gasteiger charge is 2.31. The summed E-state index contributed by atoms with van der Waals surface area (Å²) in [7, 11) is 0. The molecule has 0 spiro atoms. The molecule has 1 amide bonds. The van der Waals surface area contributed by atoms with Gasteiger partial charge in [0.15, 0.2) is 5.69 Å². The van der Waals surface area contributed by atoms with Crippen LogP contribution in [0.25, 0.3) is 0 Å². The number of piperidine rings is 1. The van der Waals surface area contributed by atoms with Crippen LogP contribution in [0.3, 0.4) is 0 Å². The molecule has 0 aromatic carbocycles. The Hall–Kier alpha value is -1.58. The van der Waals surface area contributed by atoms with Crippen molar-refractivity contribution in [1.82, 2.24) is 10.1 Å².